The fraction of sp³-hybridized carbons (Fsp3) is 0.209. The van der Waals surface area contributed by atoms with Gasteiger partial charge in [-0.3, -0.25) is 9.55 Å². The van der Waals surface area contributed by atoms with Gasteiger partial charge in [0.15, 0.2) is 0 Å². The molecule has 5 aromatic carbocycles. The Morgan fingerprint density at radius 3 is 2.02 bits per heavy atom. The number of para-hydroxylation sites is 1. The maximum atomic E-state index is 11.1. The van der Waals surface area contributed by atoms with Crippen LogP contribution in [0.25, 0.3) is 61.3 Å². The normalized spacial score (nSPS) is 12.0. The molecule has 0 saturated heterocycles. The number of phenolic OH excluding ortho intramolecular Hbond substituents is 1. The Hall–Kier alpha value is -4.53. The third-order valence-corrected chi connectivity index (χ3v) is 9.02. The minimum atomic E-state index is -0.0160. The number of phenols is 1. The van der Waals surface area contributed by atoms with Crippen LogP contribution in [0.2, 0.25) is 0 Å². The SMILES string of the molecule is Cc1ccc(-c2nc3c(-c4[c-]c(-c5cc(C(C)(C)C)cc6cccnc56)ccc4)cccc3n2-c2ccc(C(C)(C)C)cc2)c(O)c1.[Pt]. The first-order chi connectivity index (χ1) is 22.4. The van der Waals surface area contributed by atoms with E-state index in [1.807, 2.05) is 31.3 Å². The molecule has 7 aromatic rings. The molecule has 0 aliphatic heterocycles. The van der Waals surface area contributed by atoms with Crippen LogP contribution in [0.15, 0.2) is 109 Å². The number of benzene rings is 5. The predicted molar refractivity (Wildman–Crippen MR) is 195 cm³/mol. The Labute approximate surface area is 297 Å². The van der Waals surface area contributed by atoms with Gasteiger partial charge in [-0.25, -0.2) is 4.98 Å². The molecule has 0 bridgehead atoms. The van der Waals surface area contributed by atoms with E-state index in [4.69, 9.17) is 9.97 Å². The Kier molecular flexibility index (Phi) is 8.68. The molecule has 0 unspecified atom stereocenters. The van der Waals surface area contributed by atoms with Crippen molar-refractivity contribution in [2.75, 3.05) is 0 Å². The van der Waals surface area contributed by atoms with Gasteiger partial charge in [0.1, 0.15) is 11.6 Å². The molecule has 0 radical (unpaired) electrons. The van der Waals surface area contributed by atoms with Crippen molar-refractivity contribution in [1.29, 1.82) is 0 Å². The van der Waals surface area contributed by atoms with E-state index in [0.717, 1.165) is 55.4 Å². The van der Waals surface area contributed by atoms with Crippen LogP contribution in [-0.4, -0.2) is 19.6 Å². The van der Waals surface area contributed by atoms with Crippen molar-refractivity contribution in [2.24, 2.45) is 0 Å². The summed E-state index contributed by atoms with van der Waals surface area (Å²) in [6.07, 6.45) is 1.86. The molecule has 5 heteroatoms. The summed E-state index contributed by atoms with van der Waals surface area (Å²) in [6, 6.07) is 39.4. The van der Waals surface area contributed by atoms with Gasteiger partial charge in [0.05, 0.1) is 16.6 Å². The van der Waals surface area contributed by atoms with E-state index in [1.54, 1.807) is 6.07 Å². The fourth-order valence-corrected chi connectivity index (χ4v) is 6.31. The van der Waals surface area contributed by atoms with E-state index in [2.05, 4.69) is 131 Å². The van der Waals surface area contributed by atoms with Crippen LogP contribution in [0, 0.1) is 13.0 Å². The van der Waals surface area contributed by atoms with Crippen molar-refractivity contribution in [3.8, 4) is 45.1 Å². The van der Waals surface area contributed by atoms with Crippen molar-refractivity contribution >= 4 is 21.9 Å². The number of aryl methyl sites for hydroxylation is 1. The second-order valence-corrected chi connectivity index (χ2v) is 14.6. The number of imidazole rings is 1. The van der Waals surface area contributed by atoms with Crippen LogP contribution in [0.1, 0.15) is 58.2 Å². The third kappa shape index (κ3) is 6.11. The monoisotopic (exact) mass is 809 g/mol. The Morgan fingerprint density at radius 2 is 1.33 bits per heavy atom. The number of aromatic nitrogens is 3. The van der Waals surface area contributed by atoms with Crippen molar-refractivity contribution in [1.82, 2.24) is 14.5 Å². The summed E-state index contributed by atoms with van der Waals surface area (Å²) in [5.41, 5.74) is 12.0. The summed E-state index contributed by atoms with van der Waals surface area (Å²) in [7, 11) is 0. The predicted octanol–water partition coefficient (Wildman–Crippen LogP) is 11.0. The zero-order valence-corrected chi connectivity index (χ0v) is 30.8. The fourth-order valence-electron chi connectivity index (χ4n) is 6.31. The van der Waals surface area contributed by atoms with E-state index in [1.165, 1.54) is 11.1 Å². The van der Waals surface area contributed by atoms with Gasteiger partial charge < -0.3 is 5.11 Å². The Balaban J connectivity index is 0.00000401. The first-order valence-electron chi connectivity index (χ1n) is 16.2. The van der Waals surface area contributed by atoms with Crippen molar-refractivity contribution in [3.63, 3.8) is 0 Å². The minimum Gasteiger partial charge on any atom is -0.507 e. The van der Waals surface area contributed by atoms with Crippen molar-refractivity contribution in [2.45, 2.75) is 59.3 Å². The van der Waals surface area contributed by atoms with E-state index in [9.17, 15) is 5.11 Å². The third-order valence-electron chi connectivity index (χ3n) is 9.02. The van der Waals surface area contributed by atoms with Gasteiger partial charge in [0.2, 0.25) is 0 Å². The first kappa shape index (κ1) is 33.4. The van der Waals surface area contributed by atoms with Crippen LogP contribution in [0.3, 0.4) is 0 Å². The van der Waals surface area contributed by atoms with E-state index in [-0.39, 0.29) is 37.6 Å². The van der Waals surface area contributed by atoms with Gasteiger partial charge in [-0.15, -0.1) is 35.4 Å². The second kappa shape index (κ2) is 12.5. The number of rotatable bonds is 4. The summed E-state index contributed by atoms with van der Waals surface area (Å²) in [5, 5.41) is 12.3. The Morgan fingerprint density at radius 1 is 0.646 bits per heavy atom. The van der Waals surface area contributed by atoms with E-state index >= 15 is 0 Å². The quantitative estimate of drug-likeness (QED) is 0.180. The topological polar surface area (TPSA) is 50.9 Å². The average Bonchev–Trinajstić information content (AvgIpc) is 3.43. The number of hydrogen-bond acceptors (Lipinski definition) is 3. The molecule has 0 fully saturated rings. The molecule has 2 heterocycles. The maximum Gasteiger partial charge on any atom is 0.148 e. The van der Waals surface area contributed by atoms with Crippen molar-refractivity contribution < 1.29 is 26.2 Å². The van der Waals surface area contributed by atoms with Crippen LogP contribution < -0.4 is 0 Å². The number of aromatic hydroxyl groups is 1. The van der Waals surface area contributed by atoms with Gasteiger partial charge in [0, 0.05) is 38.5 Å². The molecule has 0 atom stereocenters. The molecular formula is C43H40N3OPt-. The molecular weight excluding hydrogens is 770 g/mol. The molecule has 4 nitrogen and oxygen atoms in total. The smallest absolute Gasteiger partial charge is 0.148 e. The van der Waals surface area contributed by atoms with Gasteiger partial charge in [0.25, 0.3) is 0 Å². The molecule has 0 aliphatic rings. The molecule has 0 aliphatic carbocycles. The summed E-state index contributed by atoms with van der Waals surface area (Å²) >= 11 is 0. The van der Waals surface area contributed by atoms with Crippen LogP contribution in [-0.2, 0) is 31.9 Å². The van der Waals surface area contributed by atoms with Crippen LogP contribution in [0.5, 0.6) is 5.75 Å². The zero-order chi connectivity index (χ0) is 33.1. The van der Waals surface area contributed by atoms with Crippen LogP contribution >= 0.6 is 0 Å². The molecule has 244 valence electrons. The minimum absolute atomic E-state index is 0. The maximum absolute atomic E-state index is 11.1. The summed E-state index contributed by atoms with van der Waals surface area (Å²) in [4.78, 5) is 10.1. The van der Waals surface area contributed by atoms with Gasteiger partial charge in [-0.2, -0.15) is 0 Å². The Bertz CT molecular complexity index is 2290. The van der Waals surface area contributed by atoms with Gasteiger partial charge >= 0.3 is 0 Å². The second-order valence-electron chi connectivity index (χ2n) is 14.6. The number of hydrogen-bond donors (Lipinski definition) is 1. The standard InChI is InChI=1S/C43H40N3O.Pt/c1-27-16-21-35(38(47)23-27)41-45-40-34(14-9-15-37(40)46(41)33-19-17-31(18-20-33)42(2,3)4)28-11-8-12-29(24-28)36-26-32(43(5,6)7)25-30-13-10-22-44-39(30)36;/h8-23,25-26,47H,1-7H3;/q-1;. The average molecular weight is 810 g/mol. The van der Waals surface area contributed by atoms with Crippen LogP contribution in [0.4, 0.5) is 0 Å². The van der Waals surface area contributed by atoms with Gasteiger partial charge in [-0.1, -0.05) is 101 Å². The molecule has 2 aromatic heterocycles. The number of nitrogens with zero attached hydrogens (tertiary/aromatic N) is 3. The molecule has 7 rings (SSSR count). The molecule has 48 heavy (non-hydrogen) atoms. The van der Waals surface area contributed by atoms with E-state index < -0.39 is 0 Å². The van der Waals surface area contributed by atoms with E-state index in [0.29, 0.717) is 11.4 Å². The molecule has 0 spiro atoms. The van der Waals surface area contributed by atoms with Gasteiger partial charge in [-0.05, 0) is 76.2 Å². The number of fused-ring (bicyclic) bond motifs is 2. The molecule has 0 saturated carbocycles. The summed E-state index contributed by atoms with van der Waals surface area (Å²) in [5.74, 6) is 0.902. The molecule has 1 N–H and O–H groups in total. The zero-order valence-electron chi connectivity index (χ0n) is 28.5. The first-order valence-corrected chi connectivity index (χ1v) is 16.2. The summed E-state index contributed by atoms with van der Waals surface area (Å²) in [6.45, 7) is 15.4. The summed E-state index contributed by atoms with van der Waals surface area (Å²) < 4.78 is 2.16. The number of pyridine rings is 1. The van der Waals surface area contributed by atoms with Crippen molar-refractivity contribution in [3.05, 3.63) is 132 Å². The molecule has 0 amide bonds. The largest absolute Gasteiger partial charge is 0.507 e.